The van der Waals surface area contributed by atoms with E-state index in [-0.39, 0.29) is 45.1 Å². The normalized spacial score (nSPS) is 13.8. The molecule has 0 aromatic heterocycles. The Morgan fingerprint density at radius 1 is 0.500 bits per heavy atom. The van der Waals surface area contributed by atoms with Crippen LogP contribution < -0.4 is 19.3 Å². The number of esters is 2. The van der Waals surface area contributed by atoms with Crippen molar-refractivity contribution in [1.29, 1.82) is 0 Å². The molecule has 0 saturated carbocycles. The Bertz CT molecular complexity index is 1760. The van der Waals surface area contributed by atoms with Gasteiger partial charge in [0, 0.05) is 26.0 Å². The molecule has 6 rings (SSSR count). The molecular weight excluding hydrogens is 540 g/mol. The molecule has 0 N–H and O–H groups in total. The van der Waals surface area contributed by atoms with Gasteiger partial charge in [-0.05, 0) is 59.7 Å². The summed E-state index contributed by atoms with van der Waals surface area (Å²) in [6.45, 7) is 2.50. The number of hydrogen-bond acceptors (Lipinski definition) is 8. The Labute approximate surface area is 238 Å². The molecule has 10 heteroatoms. The molecule has 0 aliphatic carbocycles. The second-order valence-electron chi connectivity index (χ2n) is 9.59. The summed E-state index contributed by atoms with van der Waals surface area (Å²) in [5.41, 5.74) is 2.36. The van der Waals surface area contributed by atoms with Crippen LogP contribution >= 0.6 is 0 Å². The Morgan fingerprint density at radius 3 is 1.26 bits per heavy atom. The second-order valence-corrected chi connectivity index (χ2v) is 9.59. The van der Waals surface area contributed by atoms with E-state index in [1.807, 2.05) is 0 Å². The summed E-state index contributed by atoms with van der Waals surface area (Å²) in [5.74, 6) is -2.83. The van der Waals surface area contributed by atoms with Crippen LogP contribution in [0.1, 0.15) is 55.3 Å². The van der Waals surface area contributed by atoms with Crippen molar-refractivity contribution in [2.75, 3.05) is 9.80 Å². The van der Waals surface area contributed by atoms with Gasteiger partial charge in [-0.2, -0.15) is 0 Å². The molecule has 0 fully saturated rings. The van der Waals surface area contributed by atoms with Crippen LogP contribution in [0.3, 0.4) is 0 Å². The molecule has 0 saturated heterocycles. The van der Waals surface area contributed by atoms with E-state index in [9.17, 15) is 28.8 Å². The van der Waals surface area contributed by atoms with E-state index in [1.54, 1.807) is 60.7 Å². The number of rotatable bonds is 5. The molecule has 0 radical (unpaired) electrons. The number of fused-ring (bicyclic) bond motifs is 2. The van der Waals surface area contributed by atoms with Gasteiger partial charge in [0.2, 0.25) is 0 Å². The van der Waals surface area contributed by atoms with Gasteiger partial charge < -0.3 is 9.47 Å². The first-order chi connectivity index (χ1) is 20.1. The molecule has 4 amide bonds. The largest absolute Gasteiger partial charge is 0.427 e. The van der Waals surface area contributed by atoms with Gasteiger partial charge in [0.1, 0.15) is 11.5 Å². The van der Waals surface area contributed by atoms with Crippen LogP contribution in [-0.4, -0.2) is 35.6 Å². The number of carbonyl (C=O) groups is 6. The van der Waals surface area contributed by atoms with E-state index in [1.165, 1.54) is 38.1 Å². The van der Waals surface area contributed by atoms with Gasteiger partial charge in [-0.25, -0.2) is 9.80 Å². The lowest BCUT2D eigenvalue weighted by molar-refractivity contribution is -0.132. The molecular formula is C32H20N2O8. The summed E-state index contributed by atoms with van der Waals surface area (Å²) in [7, 11) is 0. The van der Waals surface area contributed by atoms with Crippen LogP contribution in [-0.2, 0) is 9.59 Å². The highest BCUT2D eigenvalue weighted by atomic mass is 16.5. The van der Waals surface area contributed by atoms with Crippen molar-refractivity contribution >= 4 is 46.9 Å². The van der Waals surface area contributed by atoms with Crippen molar-refractivity contribution in [3.63, 3.8) is 0 Å². The molecule has 0 unspecified atom stereocenters. The van der Waals surface area contributed by atoms with Crippen molar-refractivity contribution < 1.29 is 38.2 Å². The Balaban J connectivity index is 1.31. The van der Waals surface area contributed by atoms with Crippen LogP contribution in [0, 0.1) is 0 Å². The Morgan fingerprint density at radius 2 is 0.881 bits per heavy atom. The molecule has 2 aliphatic rings. The van der Waals surface area contributed by atoms with Gasteiger partial charge >= 0.3 is 11.9 Å². The fraction of sp³-hybridized carbons (Fsp3) is 0.0625. The van der Waals surface area contributed by atoms with E-state index in [4.69, 9.17) is 9.47 Å². The molecule has 0 bridgehead atoms. The molecule has 206 valence electrons. The van der Waals surface area contributed by atoms with Crippen molar-refractivity contribution in [3.05, 3.63) is 107 Å². The zero-order valence-electron chi connectivity index (χ0n) is 22.2. The lowest BCUT2D eigenvalue weighted by Gasteiger charge is -2.14. The third-order valence-electron chi connectivity index (χ3n) is 6.78. The third kappa shape index (κ3) is 4.40. The maximum atomic E-state index is 13.4. The summed E-state index contributed by atoms with van der Waals surface area (Å²) in [6.07, 6.45) is 0. The molecule has 0 spiro atoms. The number of carbonyl (C=O) groups excluding carboxylic acids is 6. The van der Waals surface area contributed by atoms with Gasteiger partial charge in [0.15, 0.2) is 0 Å². The highest BCUT2D eigenvalue weighted by Gasteiger charge is 2.39. The summed E-state index contributed by atoms with van der Waals surface area (Å²) >= 11 is 0. The molecule has 2 heterocycles. The van der Waals surface area contributed by atoms with Crippen molar-refractivity contribution in [2.24, 2.45) is 0 Å². The molecule has 2 aliphatic heterocycles. The minimum atomic E-state index is -0.553. The molecule has 42 heavy (non-hydrogen) atoms. The smallest absolute Gasteiger partial charge is 0.308 e. The van der Waals surface area contributed by atoms with E-state index in [0.29, 0.717) is 11.1 Å². The summed E-state index contributed by atoms with van der Waals surface area (Å²) in [4.78, 5) is 77.7. The average Bonchev–Trinajstić information content (AvgIpc) is 3.36. The summed E-state index contributed by atoms with van der Waals surface area (Å²) in [5, 5.41) is 0. The lowest BCUT2D eigenvalue weighted by atomic mass is 9.97. The number of ether oxygens (including phenoxy) is 2. The zero-order valence-corrected chi connectivity index (χ0v) is 22.2. The van der Waals surface area contributed by atoms with Crippen molar-refractivity contribution in [2.45, 2.75) is 13.8 Å². The van der Waals surface area contributed by atoms with Crippen LogP contribution in [0.25, 0.3) is 11.1 Å². The Hall–Kier alpha value is -5.90. The van der Waals surface area contributed by atoms with Gasteiger partial charge in [-0.3, -0.25) is 28.8 Å². The maximum absolute atomic E-state index is 13.4. The van der Waals surface area contributed by atoms with Crippen molar-refractivity contribution in [1.82, 2.24) is 0 Å². The number of nitrogens with zero attached hydrogens (tertiary/aromatic N) is 2. The third-order valence-corrected chi connectivity index (χ3v) is 6.78. The van der Waals surface area contributed by atoms with Crippen LogP contribution in [0.4, 0.5) is 11.4 Å². The summed E-state index contributed by atoms with van der Waals surface area (Å²) < 4.78 is 10.2. The molecule has 4 aromatic carbocycles. The SMILES string of the molecule is CC(=O)Oc1cccc(N2C(=O)c3ccc(-c4ccc5c(c4)C(=O)N(c4cccc(OC(C)=O)c4)C5=O)cc3C2=O)c1. The fourth-order valence-electron chi connectivity index (χ4n) is 5.01. The first kappa shape index (κ1) is 26.3. The number of amides is 4. The predicted molar refractivity (Wildman–Crippen MR) is 150 cm³/mol. The standard InChI is InChI=1S/C32H20N2O8/c1-17(35)41-23-7-3-5-21(15-23)33-29(37)25-11-9-19(13-27(25)31(33)39)20-10-12-26-28(14-20)32(40)34(30(26)38)22-6-4-8-24(16-22)42-18(2)36/h3-16H,1-2H3. The topological polar surface area (TPSA) is 127 Å². The minimum Gasteiger partial charge on any atom is -0.427 e. The first-order valence-electron chi connectivity index (χ1n) is 12.8. The van der Waals surface area contributed by atoms with Gasteiger partial charge in [-0.1, -0.05) is 24.3 Å². The Kier molecular flexibility index (Phi) is 6.23. The van der Waals surface area contributed by atoms with Crippen molar-refractivity contribution in [3.8, 4) is 22.6 Å². The predicted octanol–water partition coefficient (Wildman–Crippen LogP) is 4.81. The summed E-state index contributed by atoms with van der Waals surface area (Å²) in [6, 6.07) is 21.7. The molecule has 4 aromatic rings. The molecule has 10 nitrogen and oxygen atoms in total. The quantitative estimate of drug-likeness (QED) is 0.193. The number of benzene rings is 4. The van der Waals surface area contributed by atoms with Gasteiger partial charge in [0.25, 0.3) is 23.6 Å². The lowest BCUT2D eigenvalue weighted by Crippen LogP contribution is -2.29. The monoisotopic (exact) mass is 560 g/mol. The fourth-order valence-corrected chi connectivity index (χ4v) is 5.01. The van der Waals surface area contributed by atoms with Gasteiger partial charge in [0.05, 0.1) is 33.6 Å². The van der Waals surface area contributed by atoms with E-state index in [2.05, 4.69) is 0 Å². The van der Waals surface area contributed by atoms with Crippen LogP contribution in [0.5, 0.6) is 11.5 Å². The van der Waals surface area contributed by atoms with E-state index < -0.39 is 35.6 Å². The highest BCUT2D eigenvalue weighted by Crippen LogP contribution is 2.36. The van der Waals surface area contributed by atoms with E-state index >= 15 is 0 Å². The van der Waals surface area contributed by atoms with Crippen LogP contribution in [0.2, 0.25) is 0 Å². The highest BCUT2D eigenvalue weighted by molar-refractivity contribution is 6.35. The number of imide groups is 2. The number of anilines is 2. The maximum Gasteiger partial charge on any atom is 0.308 e. The average molecular weight is 561 g/mol. The first-order valence-corrected chi connectivity index (χ1v) is 12.8. The van der Waals surface area contributed by atoms with Gasteiger partial charge in [-0.15, -0.1) is 0 Å². The molecule has 0 atom stereocenters. The van der Waals surface area contributed by atoms with E-state index in [0.717, 1.165) is 9.80 Å². The zero-order chi connectivity index (χ0) is 29.7. The second kappa shape index (κ2) is 9.93. The minimum absolute atomic E-state index is 0.169. The van der Waals surface area contributed by atoms with Crippen LogP contribution in [0.15, 0.2) is 84.9 Å². The number of hydrogen-bond donors (Lipinski definition) is 0.